The molecule has 0 atom stereocenters. The minimum atomic E-state index is -0.0739. The van der Waals surface area contributed by atoms with E-state index in [-0.39, 0.29) is 10.7 Å². The van der Waals surface area contributed by atoms with Gasteiger partial charge in [0.15, 0.2) is 0 Å². The highest BCUT2D eigenvalue weighted by atomic mass is 32.2. The Labute approximate surface area is 132 Å². The summed E-state index contributed by atoms with van der Waals surface area (Å²) in [6.07, 6.45) is 7.48. The third-order valence-corrected chi connectivity index (χ3v) is 6.84. The molecule has 1 saturated carbocycles. The Bertz CT molecular complexity index is 686. The van der Waals surface area contributed by atoms with Gasteiger partial charge in [0.25, 0.3) is 5.91 Å². The molecule has 0 bridgehead atoms. The molecule has 0 saturated heterocycles. The topological polar surface area (TPSA) is 68.0 Å². The van der Waals surface area contributed by atoms with Gasteiger partial charge in [0.2, 0.25) is 0 Å². The summed E-state index contributed by atoms with van der Waals surface area (Å²) in [5.74, 6) is -0.0739. The maximum atomic E-state index is 12.4. The average molecular weight is 321 g/mol. The molecule has 21 heavy (non-hydrogen) atoms. The Hall–Kier alpha value is -1.27. The molecule has 0 spiro atoms. The van der Waals surface area contributed by atoms with Crippen molar-refractivity contribution in [3.8, 4) is 0 Å². The summed E-state index contributed by atoms with van der Waals surface area (Å²) < 4.78 is 0.231. The zero-order chi connectivity index (χ0) is 15.0. The number of carbonyl (C=O) groups is 1. The first-order chi connectivity index (χ1) is 10.1. The number of fused-ring (bicyclic) bond motifs is 1. The predicted octanol–water partition coefficient (Wildman–Crippen LogP) is 3.20. The van der Waals surface area contributed by atoms with Gasteiger partial charge < -0.3 is 11.1 Å². The largest absolute Gasteiger partial charge is 0.397 e. The second-order valence-electron chi connectivity index (χ2n) is 5.58. The van der Waals surface area contributed by atoms with Gasteiger partial charge in [0, 0.05) is 22.9 Å². The number of amides is 1. The number of hydrogen-bond acceptors (Lipinski definition) is 5. The number of aryl methyl sites for hydroxylation is 1. The first-order valence-corrected chi connectivity index (χ1v) is 9.07. The zero-order valence-electron chi connectivity index (χ0n) is 12.2. The van der Waals surface area contributed by atoms with E-state index in [9.17, 15) is 4.79 Å². The van der Waals surface area contributed by atoms with Crippen molar-refractivity contribution in [1.82, 2.24) is 10.3 Å². The molecule has 3 N–H and O–H groups in total. The van der Waals surface area contributed by atoms with E-state index in [0.717, 1.165) is 15.8 Å². The second kappa shape index (κ2) is 5.50. The number of nitrogen functional groups attached to an aromatic ring is 1. The van der Waals surface area contributed by atoms with E-state index in [4.69, 9.17) is 5.73 Å². The van der Waals surface area contributed by atoms with Crippen molar-refractivity contribution >= 4 is 44.9 Å². The van der Waals surface area contributed by atoms with E-state index >= 15 is 0 Å². The zero-order valence-corrected chi connectivity index (χ0v) is 13.9. The van der Waals surface area contributed by atoms with Gasteiger partial charge in [-0.15, -0.1) is 11.3 Å². The molecule has 1 aliphatic carbocycles. The van der Waals surface area contributed by atoms with Crippen LogP contribution in [0.15, 0.2) is 12.3 Å². The summed E-state index contributed by atoms with van der Waals surface area (Å²) >= 11 is 3.23. The molecular weight excluding hydrogens is 302 g/mol. The molecule has 1 amide bonds. The molecule has 1 fully saturated rings. The number of nitrogens with two attached hydrogens (primary N) is 1. The van der Waals surface area contributed by atoms with Crippen LogP contribution in [0, 0.1) is 6.92 Å². The van der Waals surface area contributed by atoms with E-state index in [1.54, 1.807) is 6.20 Å². The second-order valence-corrected chi connectivity index (χ2v) is 7.85. The number of pyridine rings is 1. The Balaban J connectivity index is 1.82. The molecule has 4 nitrogen and oxygen atoms in total. The van der Waals surface area contributed by atoms with E-state index in [1.807, 2.05) is 24.8 Å². The van der Waals surface area contributed by atoms with Crippen LogP contribution in [0.2, 0.25) is 0 Å². The van der Waals surface area contributed by atoms with Crippen molar-refractivity contribution < 1.29 is 4.79 Å². The van der Waals surface area contributed by atoms with Gasteiger partial charge in [-0.2, -0.15) is 11.8 Å². The third-order valence-electron chi connectivity index (χ3n) is 4.31. The number of carbonyl (C=O) groups excluding carboxylic acids is 1. The molecule has 3 rings (SSSR count). The van der Waals surface area contributed by atoms with E-state index in [0.29, 0.717) is 17.1 Å². The molecule has 2 heterocycles. The van der Waals surface area contributed by atoms with Crippen molar-refractivity contribution in [3.63, 3.8) is 0 Å². The van der Waals surface area contributed by atoms with Gasteiger partial charge in [-0.05, 0) is 37.7 Å². The lowest BCUT2D eigenvalue weighted by Crippen LogP contribution is -2.45. The number of nitrogens with zero attached hydrogens (tertiary/aromatic N) is 1. The minimum Gasteiger partial charge on any atom is -0.397 e. The molecule has 0 radical (unpaired) electrons. The number of aromatic nitrogens is 1. The Morgan fingerprint density at radius 3 is 2.90 bits per heavy atom. The highest BCUT2D eigenvalue weighted by molar-refractivity contribution is 8.00. The van der Waals surface area contributed by atoms with Crippen LogP contribution >= 0.6 is 23.1 Å². The molecule has 0 unspecified atom stereocenters. The van der Waals surface area contributed by atoms with Crippen molar-refractivity contribution in [2.24, 2.45) is 0 Å². The van der Waals surface area contributed by atoms with Gasteiger partial charge in [-0.1, -0.05) is 6.42 Å². The quantitative estimate of drug-likeness (QED) is 0.907. The van der Waals surface area contributed by atoms with Crippen molar-refractivity contribution in [2.45, 2.75) is 30.9 Å². The third kappa shape index (κ3) is 2.51. The van der Waals surface area contributed by atoms with Crippen LogP contribution in [-0.4, -0.2) is 28.4 Å². The van der Waals surface area contributed by atoms with Crippen LogP contribution in [0.4, 0.5) is 5.69 Å². The Morgan fingerprint density at radius 1 is 1.57 bits per heavy atom. The molecule has 2 aromatic heterocycles. The fraction of sp³-hybridized carbons (Fsp3) is 0.467. The minimum absolute atomic E-state index is 0.0739. The van der Waals surface area contributed by atoms with Crippen LogP contribution in [0.5, 0.6) is 0 Å². The first kappa shape index (κ1) is 14.7. The van der Waals surface area contributed by atoms with Gasteiger partial charge in [0.1, 0.15) is 9.71 Å². The van der Waals surface area contributed by atoms with Crippen molar-refractivity contribution in [1.29, 1.82) is 0 Å². The van der Waals surface area contributed by atoms with Gasteiger partial charge in [-0.3, -0.25) is 4.79 Å². The molecule has 112 valence electrons. The summed E-state index contributed by atoms with van der Waals surface area (Å²) in [6, 6.07) is 1.92. The van der Waals surface area contributed by atoms with Gasteiger partial charge in [0.05, 0.1) is 5.69 Å². The predicted molar refractivity (Wildman–Crippen MR) is 91.2 cm³/mol. The maximum Gasteiger partial charge on any atom is 0.263 e. The van der Waals surface area contributed by atoms with Crippen LogP contribution in [0.3, 0.4) is 0 Å². The van der Waals surface area contributed by atoms with Crippen LogP contribution in [0.25, 0.3) is 10.2 Å². The van der Waals surface area contributed by atoms with Crippen molar-refractivity contribution in [2.75, 3.05) is 18.5 Å². The van der Waals surface area contributed by atoms with E-state index < -0.39 is 0 Å². The number of anilines is 1. The number of hydrogen-bond donors (Lipinski definition) is 2. The molecular formula is C15H19N3OS2. The van der Waals surface area contributed by atoms with Crippen LogP contribution < -0.4 is 11.1 Å². The lowest BCUT2D eigenvalue weighted by molar-refractivity contribution is 0.0949. The lowest BCUT2D eigenvalue weighted by Gasteiger charge is -2.40. The maximum absolute atomic E-state index is 12.4. The van der Waals surface area contributed by atoms with Crippen LogP contribution in [-0.2, 0) is 0 Å². The number of thioether (sulfide) groups is 1. The lowest BCUT2D eigenvalue weighted by atomic mass is 9.84. The Kier molecular flexibility index (Phi) is 3.84. The first-order valence-electron chi connectivity index (χ1n) is 7.03. The highest BCUT2D eigenvalue weighted by Crippen LogP contribution is 2.42. The van der Waals surface area contributed by atoms with E-state index in [2.05, 4.69) is 16.6 Å². The highest BCUT2D eigenvalue weighted by Gasteiger charge is 2.36. The monoisotopic (exact) mass is 321 g/mol. The van der Waals surface area contributed by atoms with Gasteiger partial charge in [-0.25, -0.2) is 4.98 Å². The molecule has 1 aliphatic rings. The fourth-order valence-electron chi connectivity index (χ4n) is 2.72. The SMILES string of the molecule is CSC1(CNC(=O)c2sc3nccc(C)c3c2N)CCC1. The molecule has 0 aliphatic heterocycles. The van der Waals surface area contributed by atoms with Gasteiger partial charge >= 0.3 is 0 Å². The molecule has 6 heteroatoms. The van der Waals surface area contributed by atoms with Crippen LogP contribution in [0.1, 0.15) is 34.5 Å². The number of nitrogens with one attached hydrogen (secondary N) is 1. The summed E-state index contributed by atoms with van der Waals surface area (Å²) in [5.41, 5.74) is 7.79. The fourth-order valence-corrected chi connectivity index (χ4v) is 4.69. The summed E-state index contributed by atoms with van der Waals surface area (Å²) in [4.78, 5) is 18.2. The molecule has 0 aromatic carbocycles. The number of rotatable bonds is 4. The normalized spacial score (nSPS) is 16.7. The van der Waals surface area contributed by atoms with Crippen molar-refractivity contribution in [3.05, 3.63) is 22.7 Å². The average Bonchev–Trinajstić information content (AvgIpc) is 2.76. The standard InChI is InChI=1S/C15H19N3OS2/c1-9-4-7-17-14-10(9)11(16)12(21-14)13(19)18-8-15(20-2)5-3-6-15/h4,7H,3,5-6,8,16H2,1-2H3,(H,18,19). The summed E-state index contributed by atoms with van der Waals surface area (Å²) in [6.45, 7) is 2.71. The summed E-state index contributed by atoms with van der Waals surface area (Å²) in [5, 5.41) is 3.97. The molecule has 2 aromatic rings. The summed E-state index contributed by atoms with van der Waals surface area (Å²) in [7, 11) is 0. The Morgan fingerprint density at radius 2 is 2.33 bits per heavy atom. The smallest absolute Gasteiger partial charge is 0.263 e. The van der Waals surface area contributed by atoms with E-state index in [1.165, 1.54) is 30.6 Å². The number of thiophene rings is 1.